The van der Waals surface area contributed by atoms with Gasteiger partial charge in [0, 0.05) is 12.1 Å². The number of thiocarbonyl (C=S) groups is 1. The predicted molar refractivity (Wildman–Crippen MR) is 80.9 cm³/mol. The van der Waals surface area contributed by atoms with E-state index in [1.165, 1.54) is 0 Å². The summed E-state index contributed by atoms with van der Waals surface area (Å²) in [7, 11) is 0. The Hall–Kier alpha value is -2.21. The highest BCUT2D eigenvalue weighted by Crippen LogP contribution is 2.39. The highest BCUT2D eigenvalue weighted by molar-refractivity contribution is 7.80. The van der Waals surface area contributed by atoms with Crippen LogP contribution < -0.4 is 0 Å². The Morgan fingerprint density at radius 3 is 3.00 bits per heavy atom. The second-order valence-electron chi connectivity index (χ2n) is 5.33. The minimum absolute atomic E-state index is 0.00139. The summed E-state index contributed by atoms with van der Waals surface area (Å²) in [4.78, 5) is 18.6. The van der Waals surface area contributed by atoms with Crippen LogP contribution in [-0.2, 0) is 0 Å². The number of nitrogens with zero attached hydrogens (tertiary/aromatic N) is 3. The number of hydrogen-bond acceptors (Lipinski definition) is 3. The lowest BCUT2D eigenvalue weighted by molar-refractivity contribution is 0.0688. The molecule has 0 amide bonds. The molecule has 1 N–H and O–H groups in total. The molecule has 0 spiro atoms. The Kier molecular flexibility index (Phi) is 2.62. The van der Waals surface area contributed by atoms with E-state index in [0.717, 1.165) is 41.3 Å². The summed E-state index contributed by atoms with van der Waals surface area (Å²) in [6, 6.07) is 7.83. The molecule has 0 bridgehead atoms. The maximum Gasteiger partial charge on any atom is 0.356 e. The summed E-state index contributed by atoms with van der Waals surface area (Å²) in [6.07, 6.45) is 3.51. The standard InChI is InChI=1S/C15H13N3O2S/c19-15(20)12-13-11-6-3-7-17(11)14(21)9-4-1-2-5-10(9)18(13)8-16-12/h1-2,4-5,8,11H,3,6-7H2,(H,19,20)/t11-/m0/s1. The maximum atomic E-state index is 11.5. The Balaban J connectivity index is 2.05. The number of aromatic carboxylic acids is 1. The second kappa shape index (κ2) is 4.39. The molecule has 1 aromatic carbocycles. The van der Waals surface area contributed by atoms with Crippen molar-refractivity contribution in [3.05, 3.63) is 47.5 Å². The van der Waals surface area contributed by atoms with Crippen molar-refractivity contribution in [3.63, 3.8) is 0 Å². The third-order valence-electron chi connectivity index (χ3n) is 4.23. The summed E-state index contributed by atoms with van der Waals surface area (Å²) in [6.45, 7) is 0.863. The molecular weight excluding hydrogens is 286 g/mol. The van der Waals surface area contributed by atoms with Crippen molar-refractivity contribution in [2.24, 2.45) is 0 Å². The lowest BCUT2D eigenvalue weighted by Gasteiger charge is -2.24. The van der Waals surface area contributed by atoms with Crippen molar-refractivity contribution in [1.82, 2.24) is 14.5 Å². The van der Waals surface area contributed by atoms with Crippen LogP contribution in [0.1, 0.15) is 40.6 Å². The van der Waals surface area contributed by atoms with E-state index in [1.807, 2.05) is 28.8 Å². The van der Waals surface area contributed by atoms with Gasteiger partial charge in [-0.05, 0) is 25.0 Å². The molecule has 2 aromatic rings. The molecule has 5 nitrogen and oxygen atoms in total. The average Bonchev–Trinajstić information content (AvgIpc) is 3.10. The maximum absolute atomic E-state index is 11.5. The Morgan fingerprint density at radius 2 is 2.19 bits per heavy atom. The van der Waals surface area contributed by atoms with Crippen LogP contribution >= 0.6 is 12.2 Å². The molecule has 106 valence electrons. The third kappa shape index (κ3) is 1.65. The number of para-hydroxylation sites is 1. The van der Waals surface area contributed by atoms with Gasteiger partial charge in [-0.2, -0.15) is 0 Å². The van der Waals surface area contributed by atoms with E-state index in [0.29, 0.717) is 0 Å². The predicted octanol–water partition coefficient (Wildman–Crippen LogP) is 2.40. The molecule has 2 aliphatic rings. The van der Waals surface area contributed by atoms with Crippen LogP contribution in [0.2, 0.25) is 0 Å². The van der Waals surface area contributed by atoms with Crippen LogP contribution in [0.25, 0.3) is 5.69 Å². The van der Waals surface area contributed by atoms with Gasteiger partial charge in [0.1, 0.15) is 11.3 Å². The van der Waals surface area contributed by atoms with Gasteiger partial charge in [0.25, 0.3) is 0 Å². The third-order valence-corrected chi connectivity index (χ3v) is 4.68. The van der Waals surface area contributed by atoms with Gasteiger partial charge in [-0.15, -0.1) is 0 Å². The first kappa shape index (κ1) is 12.5. The van der Waals surface area contributed by atoms with Gasteiger partial charge in [0.15, 0.2) is 5.69 Å². The van der Waals surface area contributed by atoms with E-state index in [4.69, 9.17) is 12.2 Å². The van der Waals surface area contributed by atoms with Gasteiger partial charge < -0.3 is 10.0 Å². The second-order valence-corrected chi connectivity index (χ2v) is 5.71. The Labute approximate surface area is 126 Å². The molecule has 0 radical (unpaired) electrons. The van der Waals surface area contributed by atoms with E-state index >= 15 is 0 Å². The van der Waals surface area contributed by atoms with Crippen LogP contribution in [0, 0.1) is 0 Å². The SMILES string of the molecule is O=C(O)c1ncn2c1[C@@H]1CCCN1C(=S)c1ccccc1-2. The summed E-state index contributed by atoms with van der Waals surface area (Å²) < 4.78 is 1.89. The summed E-state index contributed by atoms with van der Waals surface area (Å²) in [5, 5.41) is 9.43. The van der Waals surface area contributed by atoms with Crippen LogP contribution in [0.4, 0.5) is 0 Å². The molecule has 1 aromatic heterocycles. The van der Waals surface area contributed by atoms with Crippen molar-refractivity contribution in [3.8, 4) is 5.69 Å². The molecule has 3 heterocycles. The van der Waals surface area contributed by atoms with Crippen molar-refractivity contribution < 1.29 is 9.90 Å². The van der Waals surface area contributed by atoms with Crippen molar-refractivity contribution >= 4 is 23.2 Å². The first-order valence-electron chi connectivity index (χ1n) is 6.89. The van der Waals surface area contributed by atoms with E-state index in [-0.39, 0.29) is 11.7 Å². The van der Waals surface area contributed by atoms with Crippen molar-refractivity contribution in [2.75, 3.05) is 6.54 Å². The quantitative estimate of drug-likeness (QED) is 0.819. The molecule has 21 heavy (non-hydrogen) atoms. The fraction of sp³-hybridized carbons (Fsp3) is 0.267. The molecule has 6 heteroatoms. The minimum atomic E-state index is -0.985. The van der Waals surface area contributed by atoms with Gasteiger partial charge >= 0.3 is 5.97 Å². The fourth-order valence-electron chi connectivity index (χ4n) is 3.35. The first-order valence-corrected chi connectivity index (χ1v) is 7.30. The molecular formula is C15H13N3O2S. The van der Waals surface area contributed by atoms with Gasteiger partial charge in [0.05, 0.1) is 17.4 Å². The van der Waals surface area contributed by atoms with Gasteiger partial charge in [-0.25, -0.2) is 9.78 Å². The molecule has 0 unspecified atom stereocenters. The molecule has 0 saturated carbocycles. The van der Waals surface area contributed by atoms with E-state index in [9.17, 15) is 9.90 Å². The lowest BCUT2D eigenvalue weighted by Crippen LogP contribution is -2.29. The van der Waals surface area contributed by atoms with E-state index in [2.05, 4.69) is 9.88 Å². The zero-order valence-corrected chi connectivity index (χ0v) is 12.0. The number of fused-ring (bicyclic) bond motifs is 5. The number of carboxylic acids is 1. The zero-order valence-electron chi connectivity index (χ0n) is 11.2. The number of carbonyl (C=O) groups is 1. The lowest BCUT2D eigenvalue weighted by atomic mass is 10.1. The average molecular weight is 299 g/mol. The molecule has 1 fully saturated rings. The van der Waals surface area contributed by atoms with E-state index < -0.39 is 5.97 Å². The molecule has 2 aliphatic heterocycles. The normalized spacial score (nSPS) is 19.7. The van der Waals surface area contributed by atoms with Crippen LogP contribution in [0.3, 0.4) is 0 Å². The van der Waals surface area contributed by atoms with Crippen LogP contribution in [-0.4, -0.2) is 37.1 Å². The Morgan fingerprint density at radius 1 is 1.38 bits per heavy atom. The monoisotopic (exact) mass is 299 g/mol. The highest BCUT2D eigenvalue weighted by Gasteiger charge is 2.38. The number of hydrogen-bond donors (Lipinski definition) is 1. The molecule has 4 rings (SSSR count). The highest BCUT2D eigenvalue weighted by atomic mass is 32.1. The van der Waals surface area contributed by atoms with Crippen LogP contribution in [0.15, 0.2) is 30.6 Å². The number of rotatable bonds is 1. The minimum Gasteiger partial charge on any atom is -0.476 e. The Bertz CT molecular complexity index is 768. The molecule has 1 atom stereocenters. The summed E-state index contributed by atoms with van der Waals surface area (Å²) in [5.41, 5.74) is 2.75. The summed E-state index contributed by atoms with van der Waals surface area (Å²) >= 11 is 5.65. The number of imidazole rings is 1. The molecule has 0 aliphatic carbocycles. The number of benzene rings is 1. The molecule has 1 saturated heterocycles. The number of aromatic nitrogens is 2. The smallest absolute Gasteiger partial charge is 0.356 e. The van der Waals surface area contributed by atoms with Gasteiger partial charge in [-0.3, -0.25) is 4.57 Å². The number of carboxylic acid groups (broad SMARTS) is 1. The van der Waals surface area contributed by atoms with Crippen molar-refractivity contribution in [2.45, 2.75) is 18.9 Å². The zero-order chi connectivity index (χ0) is 14.6. The topological polar surface area (TPSA) is 58.4 Å². The van der Waals surface area contributed by atoms with Gasteiger partial charge in [-0.1, -0.05) is 24.4 Å². The summed E-state index contributed by atoms with van der Waals surface area (Å²) in [5.74, 6) is -0.985. The fourth-order valence-corrected chi connectivity index (χ4v) is 3.74. The van der Waals surface area contributed by atoms with Gasteiger partial charge in [0.2, 0.25) is 0 Å². The van der Waals surface area contributed by atoms with E-state index in [1.54, 1.807) is 6.33 Å². The largest absolute Gasteiger partial charge is 0.476 e. The first-order chi connectivity index (χ1) is 10.2. The van der Waals surface area contributed by atoms with Crippen LogP contribution in [0.5, 0.6) is 0 Å². The van der Waals surface area contributed by atoms with Crippen molar-refractivity contribution in [1.29, 1.82) is 0 Å².